The van der Waals surface area contributed by atoms with Gasteiger partial charge < -0.3 is 15.2 Å². The fourth-order valence-electron chi connectivity index (χ4n) is 1.70. The summed E-state index contributed by atoms with van der Waals surface area (Å²) in [5, 5.41) is 0. The van der Waals surface area contributed by atoms with Gasteiger partial charge in [-0.2, -0.15) is 13.1 Å². The zero-order chi connectivity index (χ0) is 13.3. The Labute approximate surface area is 105 Å². The number of nitrogens with zero attached hydrogens (tertiary/aromatic N) is 1. The SMILES string of the molecule is COc1ccc([C@H]2NS(=O)(=O)N=C2N)cc1OC. The maximum absolute atomic E-state index is 11.3. The largest absolute Gasteiger partial charge is 0.493 e. The van der Waals surface area contributed by atoms with Crippen molar-refractivity contribution in [3.05, 3.63) is 23.8 Å². The molecule has 0 bridgehead atoms. The summed E-state index contributed by atoms with van der Waals surface area (Å²) in [6.45, 7) is 0. The number of nitrogens with one attached hydrogen (secondary N) is 1. The van der Waals surface area contributed by atoms with E-state index in [0.717, 1.165) is 0 Å². The lowest BCUT2D eigenvalue weighted by Crippen LogP contribution is -2.28. The Balaban J connectivity index is 2.39. The van der Waals surface area contributed by atoms with Crippen LogP contribution in [0.2, 0.25) is 0 Å². The highest BCUT2D eigenvalue weighted by Gasteiger charge is 2.30. The zero-order valence-corrected chi connectivity index (χ0v) is 10.7. The van der Waals surface area contributed by atoms with Gasteiger partial charge in [0.15, 0.2) is 11.5 Å². The molecule has 1 aliphatic rings. The Kier molecular flexibility index (Phi) is 3.14. The molecular formula is C10H13N3O4S. The van der Waals surface area contributed by atoms with Crippen LogP contribution >= 0.6 is 0 Å². The van der Waals surface area contributed by atoms with Gasteiger partial charge in [-0.25, -0.2) is 0 Å². The van der Waals surface area contributed by atoms with Crippen LogP contribution in [0.5, 0.6) is 11.5 Å². The molecule has 0 spiro atoms. The molecule has 2 rings (SSSR count). The van der Waals surface area contributed by atoms with Crippen molar-refractivity contribution >= 4 is 16.0 Å². The van der Waals surface area contributed by atoms with Crippen molar-refractivity contribution in [2.24, 2.45) is 10.1 Å². The van der Waals surface area contributed by atoms with E-state index < -0.39 is 16.3 Å². The van der Waals surface area contributed by atoms with E-state index in [1.54, 1.807) is 18.2 Å². The summed E-state index contributed by atoms with van der Waals surface area (Å²) in [5.41, 5.74) is 6.22. The van der Waals surface area contributed by atoms with Gasteiger partial charge in [-0.05, 0) is 17.7 Å². The molecule has 0 radical (unpaired) electrons. The second kappa shape index (κ2) is 4.46. The van der Waals surface area contributed by atoms with E-state index in [1.165, 1.54) is 14.2 Å². The fraction of sp³-hybridized carbons (Fsp3) is 0.300. The summed E-state index contributed by atoms with van der Waals surface area (Å²) < 4.78 is 38.5. The summed E-state index contributed by atoms with van der Waals surface area (Å²) in [5.74, 6) is 1.05. The van der Waals surface area contributed by atoms with Crippen LogP contribution in [-0.2, 0) is 10.2 Å². The summed E-state index contributed by atoms with van der Waals surface area (Å²) in [6.07, 6.45) is 0. The maximum atomic E-state index is 11.3. The molecule has 1 aromatic rings. The summed E-state index contributed by atoms with van der Waals surface area (Å²) >= 11 is 0. The van der Waals surface area contributed by atoms with Crippen molar-refractivity contribution in [1.29, 1.82) is 0 Å². The molecule has 8 heteroatoms. The molecule has 0 amide bonds. The van der Waals surface area contributed by atoms with Crippen LogP contribution in [0.15, 0.2) is 22.6 Å². The van der Waals surface area contributed by atoms with Crippen molar-refractivity contribution in [1.82, 2.24) is 4.72 Å². The molecule has 0 saturated carbocycles. The lowest BCUT2D eigenvalue weighted by molar-refractivity contribution is 0.354. The van der Waals surface area contributed by atoms with Gasteiger partial charge in [0.1, 0.15) is 11.9 Å². The van der Waals surface area contributed by atoms with Crippen LogP contribution in [0.4, 0.5) is 0 Å². The Bertz CT molecular complexity index is 597. The van der Waals surface area contributed by atoms with Crippen LogP contribution in [0, 0.1) is 0 Å². The van der Waals surface area contributed by atoms with Crippen LogP contribution in [0.25, 0.3) is 0 Å². The van der Waals surface area contributed by atoms with E-state index >= 15 is 0 Å². The molecule has 1 atom stereocenters. The van der Waals surface area contributed by atoms with E-state index in [4.69, 9.17) is 15.2 Å². The smallest absolute Gasteiger partial charge is 0.322 e. The molecule has 0 unspecified atom stereocenters. The predicted octanol–water partition coefficient (Wildman–Crippen LogP) is -0.0499. The lowest BCUT2D eigenvalue weighted by Gasteiger charge is -2.13. The highest BCUT2D eigenvalue weighted by atomic mass is 32.2. The molecule has 3 N–H and O–H groups in total. The van der Waals surface area contributed by atoms with Crippen molar-refractivity contribution in [2.75, 3.05) is 14.2 Å². The molecule has 7 nitrogen and oxygen atoms in total. The number of amidine groups is 1. The third-order valence-electron chi connectivity index (χ3n) is 2.53. The molecule has 0 aliphatic carbocycles. The van der Waals surface area contributed by atoms with Gasteiger partial charge in [0.25, 0.3) is 0 Å². The maximum Gasteiger partial charge on any atom is 0.322 e. The van der Waals surface area contributed by atoms with Crippen LogP contribution in [0.3, 0.4) is 0 Å². The van der Waals surface area contributed by atoms with E-state index in [9.17, 15) is 8.42 Å². The summed E-state index contributed by atoms with van der Waals surface area (Å²) in [6, 6.07) is 4.35. The minimum atomic E-state index is -3.69. The van der Waals surface area contributed by atoms with Gasteiger partial charge in [0, 0.05) is 0 Å². The topological polar surface area (TPSA) is 103 Å². The number of hydrogen-bond donors (Lipinski definition) is 2. The lowest BCUT2D eigenvalue weighted by atomic mass is 10.1. The highest BCUT2D eigenvalue weighted by molar-refractivity contribution is 7.88. The Morgan fingerprint density at radius 3 is 2.44 bits per heavy atom. The Hall–Kier alpha value is -1.80. The van der Waals surface area contributed by atoms with Crippen molar-refractivity contribution in [3.63, 3.8) is 0 Å². The molecule has 0 aromatic heterocycles. The molecule has 1 aromatic carbocycles. The van der Waals surface area contributed by atoms with Crippen molar-refractivity contribution in [3.8, 4) is 11.5 Å². The normalized spacial score (nSPS) is 21.4. The number of nitrogens with two attached hydrogens (primary N) is 1. The standard InChI is InChI=1S/C10H13N3O4S/c1-16-7-4-3-6(5-8(7)17-2)9-10(11)13-18(14,15)12-9/h3-5,9,12H,1-2H3,(H2,11,13)/t9-/m1/s1. The van der Waals surface area contributed by atoms with E-state index in [1.807, 2.05) is 0 Å². The molecule has 1 aliphatic heterocycles. The number of hydrogen-bond acceptors (Lipinski definition) is 5. The Morgan fingerprint density at radius 2 is 1.94 bits per heavy atom. The number of methoxy groups -OCH3 is 2. The first-order chi connectivity index (χ1) is 8.46. The van der Waals surface area contributed by atoms with Gasteiger partial charge >= 0.3 is 10.2 Å². The van der Waals surface area contributed by atoms with Gasteiger partial charge in [-0.1, -0.05) is 6.07 Å². The number of rotatable bonds is 3. The van der Waals surface area contributed by atoms with Crippen LogP contribution in [0.1, 0.15) is 11.6 Å². The average molecular weight is 271 g/mol. The first-order valence-corrected chi connectivity index (χ1v) is 6.50. The second-order valence-electron chi connectivity index (χ2n) is 3.66. The quantitative estimate of drug-likeness (QED) is 0.802. The molecule has 18 heavy (non-hydrogen) atoms. The third-order valence-corrected chi connectivity index (χ3v) is 3.51. The third kappa shape index (κ3) is 2.24. The average Bonchev–Trinajstić information content (AvgIpc) is 2.62. The fourth-order valence-corrected chi connectivity index (χ4v) is 2.69. The zero-order valence-electron chi connectivity index (χ0n) is 9.88. The van der Waals surface area contributed by atoms with Crippen molar-refractivity contribution in [2.45, 2.75) is 6.04 Å². The van der Waals surface area contributed by atoms with E-state index in [2.05, 4.69) is 9.12 Å². The monoisotopic (exact) mass is 271 g/mol. The van der Waals surface area contributed by atoms with Gasteiger partial charge in [0.05, 0.1) is 14.2 Å². The minimum Gasteiger partial charge on any atom is -0.493 e. The van der Waals surface area contributed by atoms with Crippen LogP contribution in [-0.4, -0.2) is 28.5 Å². The summed E-state index contributed by atoms with van der Waals surface area (Å²) in [4.78, 5) is 0. The molecule has 98 valence electrons. The molecule has 1 heterocycles. The van der Waals surface area contributed by atoms with Gasteiger partial charge in [-0.15, -0.1) is 4.40 Å². The molecular weight excluding hydrogens is 258 g/mol. The Morgan fingerprint density at radius 1 is 1.28 bits per heavy atom. The van der Waals surface area contributed by atoms with Crippen molar-refractivity contribution < 1.29 is 17.9 Å². The number of benzene rings is 1. The minimum absolute atomic E-state index is 0.00206. The first kappa shape index (κ1) is 12.7. The molecule has 0 saturated heterocycles. The predicted molar refractivity (Wildman–Crippen MR) is 66.0 cm³/mol. The van der Waals surface area contributed by atoms with E-state index in [-0.39, 0.29) is 5.84 Å². The van der Waals surface area contributed by atoms with Crippen LogP contribution < -0.4 is 19.9 Å². The highest BCUT2D eigenvalue weighted by Crippen LogP contribution is 2.31. The second-order valence-corrected chi connectivity index (χ2v) is 5.02. The summed E-state index contributed by atoms with van der Waals surface area (Å²) in [7, 11) is -0.670. The first-order valence-electron chi connectivity index (χ1n) is 5.06. The molecule has 0 fully saturated rings. The van der Waals surface area contributed by atoms with Gasteiger partial charge in [-0.3, -0.25) is 0 Å². The van der Waals surface area contributed by atoms with Gasteiger partial charge in [0.2, 0.25) is 0 Å². The number of ether oxygens (including phenoxy) is 2. The van der Waals surface area contributed by atoms with E-state index in [0.29, 0.717) is 17.1 Å².